The Hall–Kier alpha value is -4.90. The first-order valence-electron chi connectivity index (χ1n) is 16.7. The Labute approximate surface area is 289 Å². The summed E-state index contributed by atoms with van der Waals surface area (Å²) < 4.78 is 16.9. The zero-order valence-corrected chi connectivity index (χ0v) is 29.4. The van der Waals surface area contributed by atoms with E-state index in [-0.39, 0.29) is 28.9 Å². The summed E-state index contributed by atoms with van der Waals surface area (Å²) >= 11 is 0. The Morgan fingerprint density at radius 3 is 2.31 bits per heavy atom. The molecule has 3 aromatic carbocycles. The maximum Gasteiger partial charge on any atom is 0.308 e. The second-order valence-corrected chi connectivity index (χ2v) is 12.5. The molecule has 0 unspecified atom stereocenters. The molecular weight excluding hydrogens is 624 g/mol. The standard InChI is InChI=1S/C38H48N4O7/c1-26-15-18-32(35(24-26)48-23-11-7-8-14-36(44)42-21-19-29(20-22-42)40(3)4)41(5)38(46)28-16-17-31(34(25-28)47-6)39-37(45)30-12-9-10-13-33(30)49-27(2)43/h9-10,12-13,15-18,24-25,29H,7-8,11,14,19-23H2,1-6H3,(H,39,45). The molecule has 1 aliphatic heterocycles. The fourth-order valence-corrected chi connectivity index (χ4v) is 5.86. The number of amides is 3. The first kappa shape index (κ1) is 36.9. The molecule has 4 rings (SSSR count). The largest absolute Gasteiger partial charge is 0.495 e. The van der Waals surface area contributed by atoms with E-state index in [1.54, 1.807) is 43.4 Å². The van der Waals surface area contributed by atoms with Crippen LogP contribution < -0.4 is 24.4 Å². The molecule has 1 saturated heterocycles. The van der Waals surface area contributed by atoms with E-state index in [4.69, 9.17) is 14.2 Å². The number of nitrogens with one attached hydrogen (secondary N) is 1. The van der Waals surface area contributed by atoms with Crippen LogP contribution in [0.5, 0.6) is 17.2 Å². The highest BCUT2D eigenvalue weighted by atomic mass is 16.5. The zero-order chi connectivity index (χ0) is 35.5. The van der Waals surface area contributed by atoms with Crippen LogP contribution in [-0.4, -0.2) is 87.5 Å². The van der Waals surface area contributed by atoms with Crippen molar-refractivity contribution in [2.24, 2.45) is 0 Å². The zero-order valence-electron chi connectivity index (χ0n) is 29.4. The molecule has 1 heterocycles. The number of para-hydroxylation sites is 1. The van der Waals surface area contributed by atoms with E-state index in [1.807, 2.05) is 30.0 Å². The monoisotopic (exact) mass is 672 g/mol. The van der Waals surface area contributed by atoms with Crippen molar-refractivity contribution in [2.45, 2.75) is 58.4 Å². The van der Waals surface area contributed by atoms with Gasteiger partial charge in [-0.05, 0) is 101 Å². The molecule has 0 atom stereocenters. The number of rotatable bonds is 14. The van der Waals surface area contributed by atoms with E-state index >= 15 is 0 Å². The number of aryl methyl sites for hydroxylation is 1. The Morgan fingerprint density at radius 2 is 1.61 bits per heavy atom. The van der Waals surface area contributed by atoms with Gasteiger partial charge in [-0.25, -0.2) is 0 Å². The summed E-state index contributed by atoms with van der Waals surface area (Å²) in [7, 11) is 7.32. The number of carbonyl (C=O) groups excluding carboxylic acids is 4. The van der Waals surface area contributed by atoms with Crippen molar-refractivity contribution in [3.05, 3.63) is 77.4 Å². The predicted molar refractivity (Wildman–Crippen MR) is 190 cm³/mol. The van der Waals surface area contributed by atoms with Crippen molar-refractivity contribution >= 4 is 35.1 Å². The van der Waals surface area contributed by atoms with Crippen LogP contribution in [0.25, 0.3) is 0 Å². The summed E-state index contributed by atoms with van der Waals surface area (Å²) in [5, 5.41) is 2.78. The van der Waals surface area contributed by atoms with E-state index in [1.165, 1.54) is 25.0 Å². The van der Waals surface area contributed by atoms with Crippen LogP contribution in [0, 0.1) is 6.92 Å². The van der Waals surface area contributed by atoms with Gasteiger partial charge in [-0.1, -0.05) is 18.2 Å². The second kappa shape index (κ2) is 17.5. The molecule has 49 heavy (non-hydrogen) atoms. The number of nitrogens with zero attached hydrogens (tertiary/aromatic N) is 3. The molecule has 0 aromatic heterocycles. The fourth-order valence-electron chi connectivity index (χ4n) is 5.86. The van der Waals surface area contributed by atoms with Crippen molar-refractivity contribution in [3.63, 3.8) is 0 Å². The number of likely N-dealkylation sites (tertiary alicyclic amines) is 1. The molecule has 11 nitrogen and oxygen atoms in total. The Morgan fingerprint density at radius 1 is 0.878 bits per heavy atom. The highest BCUT2D eigenvalue weighted by Gasteiger charge is 2.24. The van der Waals surface area contributed by atoms with Crippen LogP contribution in [-0.2, 0) is 9.59 Å². The minimum atomic E-state index is -0.540. The van der Waals surface area contributed by atoms with Gasteiger partial charge in [-0.2, -0.15) is 0 Å². The average Bonchev–Trinajstić information content (AvgIpc) is 3.09. The van der Waals surface area contributed by atoms with Gasteiger partial charge in [0.05, 0.1) is 30.7 Å². The van der Waals surface area contributed by atoms with Gasteiger partial charge in [0.1, 0.15) is 17.2 Å². The lowest BCUT2D eigenvalue weighted by molar-refractivity contribution is -0.133. The maximum atomic E-state index is 13.7. The van der Waals surface area contributed by atoms with Crippen LogP contribution in [0.3, 0.4) is 0 Å². The summed E-state index contributed by atoms with van der Waals surface area (Å²) in [6, 6.07) is 17.4. The van der Waals surface area contributed by atoms with E-state index in [0.717, 1.165) is 50.8 Å². The lowest BCUT2D eigenvalue weighted by atomic mass is 10.0. The molecule has 0 aliphatic carbocycles. The maximum absolute atomic E-state index is 13.7. The molecule has 1 fully saturated rings. The van der Waals surface area contributed by atoms with Gasteiger partial charge >= 0.3 is 5.97 Å². The Bertz CT molecular complexity index is 1630. The highest BCUT2D eigenvalue weighted by Crippen LogP contribution is 2.32. The van der Waals surface area contributed by atoms with Crippen molar-refractivity contribution in [1.29, 1.82) is 0 Å². The van der Waals surface area contributed by atoms with Crippen molar-refractivity contribution in [3.8, 4) is 17.2 Å². The number of anilines is 2. The fraction of sp³-hybridized carbons (Fsp3) is 0.421. The second-order valence-electron chi connectivity index (χ2n) is 12.5. The van der Waals surface area contributed by atoms with Gasteiger partial charge in [0.15, 0.2) is 0 Å². The van der Waals surface area contributed by atoms with E-state index < -0.39 is 11.9 Å². The molecule has 1 N–H and O–H groups in total. The third-order valence-electron chi connectivity index (χ3n) is 8.70. The number of hydrogen-bond donors (Lipinski definition) is 1. The van der Waals surface area contributed by atoms with Gasteiger partial charge in [0.2, 0.25) is 5.91 Å². The molecule has 3 aromatic rings. The number of ether oxygens (including phenoxy) is 3. The minimum absolute atomic E-state index is 0.137. The predicted octanol–water partition coefficient (Wildman–Crippen LogP) is 5.95. The molecule has 1 aliphatic rings. The van der Waals surface area contributed by atoms with Crippen LogP contribution >= 0.6 is 0 Å². The highest BCUT2D eigenvalue weighted by molar-refractivity contribution is 6.09. The molecule has 0 saturated carbocycles. The summed E-state index contributed by atoms with van der Waals surface area (Å²) in [6.45, 7) is 5.35. The van der Waals surface area contributed by atoms with Gasteiger partial charge in [0.25, 0.3) is 11.8 Å². The summed E-state index contributed by atoms with van der Waals surface area (Å²) in [6.07, 6.45) is 5.06. The van der Waals surface area contributed by atoms with Crippen molar-refractivity contribution < 1.29 is 33.4 Å². The van der Waals surface area contributed by atoms with Crippen molar-refractivity contribution in [2.75, 3.05) is 58.2 Å². The number of esters is 1. The van der Waals surface area contributed by atoms with E-state index in [0.29, 0.717) is 41.8 Å². The third kappa shape index (κ3) is 10.1. The Balaban J connectivity index is 1.33. The quantitative estimate of drug-likeness (QED) is 0.127. The number of methoxy groups -OCH3 is 1. The smallest absolute Gasteiger partial charge is 0.308 e. The molecule has 262 valence electrons. The molecule has 0 radical (unpaired) electrons. The van der Waals surface area contributed by atoms with Crippen LogP contribution in [0.4, 0.5) is 11.4 Å². The molecule has 0 bridgehead atoms. The average molecular weight is 673 g/mol. The Kier molecular flexibility index (Phi) is 13.2. The van der Waals surface area contributed by atoms with Crippen molar-refractivity contribution in [1.82, 2.24) is 9.80 Å². The first-order chi connectivity index (χ1) is 23.5. The lowest BCUT2D eigenvalue weighted by Gasteiger charge is -2.35. The number of piperidine rings is 1. The molecule has 0 spiro atoms. The normalized spacial score (nSPS) is 13.2. The SMILES string of the molecule is COc1cc(C(=O)N(C)c2ccc(C)cc2OCCCCCC(=O)N2CCC(N(C)C)CC2)ccc1NC(=O)c1ccccc1OC(C)=O. The van der Waals surface area contributed by atoms with Crippen LogP contribution in [0.2, 0.25) is 0 Å². The third-order valence-corrected chi connectivity index (χ3v) is 8.70. The lowest BCUT2D eigenvalue weighted by Crippen LogP contribution is -2.44. The summed E-state index contributed by atoms with van der Waals surface area (Å²) in [4.78, 5) is 56.6. The van der Waals surface area contributed by atoms with Gasteiger partial charge < -0.3 is 34.2 Å². The summed E-state index contributed by atoms with van der Waals surface area (Å²) in [5.74, 6) is -0.0826. The minimum Gasteiger partial charge on any atom is -0.495 e. The van der Waals surface area contributed by atoms with Gasteiger partial charge in [0, 0.05) is 45.1 Å². The van der Waals surface area contributed by atoms with E-state index in [2.05, 4.69) is 24.3 Å². The molecule has 11 heteroatoms. The molecule has 3 amide bonds. The van der Waals surface area contributed by atoms with Crippen LogP contribution in [0.15, 0.2) is 60.7 Å². The summed E-state index contributed by atoms with van der Waals surface area (Å²) in [5.41, 5.74) is 2.49. The molecular formula is C38H48N4O7. The van der Waals surface area contributed by atoms with Gasteiger partial charge in [-0.3, -0.25) is 19.2 Å². The first-order valence-corrected chi connectivity index (χ1v) is 16.7. The topological polar surface area (TPSA) is 118 Å². The number of hydrogen-bond acceptors (Lipinski definition) is 8. The number of carbonyl (C=O) groups is 4. The van der Waals surface area contributed by atoms with E-state index in [9.17, 15) is 19.2 Å². The number of benzene rings is 3. The van der Waals surface area contributed by atoms with Crippen LogP contribution in [0.1, 0.15) is 71.7 Å². The number of unbranched alkanes of at least 4 members (excludes halogenated alkanes) is 2. The van der Waals surface area contributed by atoms with Gasteiger partial charge in [-0.15, -0.1) is 0 Å².